The van der Waals surface area contributed by atoms with Gasteiger partial charge in [0.2, 0.25) is 5.91 Å². The maximum atomic E-state index is 12.1. The number of fused-ring (bicyclic) bond motifs is 5. The number of aromatic hydroxyl groups is 1. The SMILES string of the molecule is CCCCN(C)C(=O)CCCCCCCCCCSC1C(O)c2cc(O)ccc2C2CC[C@@]3(C)C(CC[C@@H]3O)C21. The lowest BCUT2D eigenvalue weighted by atomic mass is 9.55. The number of amides is 1. The van der Waals surface area contributed by atoms with Gasteiger partial charge >= 0.3 is 0 Å². The molecule has 0 radical (unpaired) electrons. The van der Waals surface area contributed by atoms with Gasteiger partial charge in [-0.15, -0.1) is 0 Å². The van der Waals surface area contributed by atoms with Crippen molar-refractivity contribution in [3.05, 3.63) is 29.3 Å². The summed E-state index contributed by atoms with van der Waals surface area (Å²) in [5.41, 5.74) is 2.12. The van der Waals surface area contributed by atoms with Crippen molar-refractivity contribution < 1.29 is 20.1 Å². The van der Waals surface area contributed by atoms with Crippen molar-refractivity contribution in [1.82, 2.24) is 4.90 Å². The number of phenolic OH excluding ortho intramolecular Hbond substituents is 1. The van der Waals surface area contributed by atoms with Gasteiger partial charge < -0.3 is 20.2 Å². The number of carbonyl (C=O) groups is 1. The number of aliphatic hydroxyl groups excluding tert-OH is 2. The highest BCUT2D eigenvalue weighted by Crippen LogP contribution is 2.64. The summed E-state index contributed by atoms with van der Waals surface area (Å²) in [6.45, 7) is 5.33. The zero-order valence-corrected chi connectivity index (χ0v) is 26.1. The second-order valence-corrected chi connectivity index (χ2v) is 14.6. The van der Waals surface area contributed by atoms with Crippen LogP contribution < -0.4 is 0 Å². The molecule has 0 spiro atoms. The Kier molecular flexibility index (Phi) is 11.7. The molecular formula is C34H55NO4S. The van der Waals surface area contributed by atoms with Crippen LogP contribution in [0.5, 0.6) is 5.75 Å². The molecule has 226 valence electrons. The van der Waals surface area contributed by atoms with Gasteiger partial charge in [0.15, 0.2) is 0 Å². The molecule has 5 unspecified atom stereocenters. The van der Waals surface area contributed by atoms with Crippen LogP contribution >= 0.6 is 11.8 Å². The highest BCUT2D eigenvalue weighted by atomic mass is 32.2. The molecule has 0 heterocycles. The zero-order valence-electron chi connectivity index (χ0n) is 25.3. The fourth-order valence-corrected chi connectivity index (χ4v) is 9.68. The fraction of sp³-hybridized carbons (Fsp3) is 0.794. The number of carbonyl (C=O) groups excluding carboxylic acids is 1. The lowest BCUT2D eigenvalue weighted by molar-refractivity contribution is -0.130. The van der Waals surface area contributed by atoms with Gasteiger partial charge in [0.25, 0.3) is 0 Å². The zero-order chi connectivity index (χ0) is 28.7. The quantitative estimate of drug-likeness (QED) is 0.188. The average molecular weight is 574 g/mol. The van der Waals surface area contributed by atoms with Gasteiger partial charge in [-0.25, -0.2) is 0 Å². The van der Waals surface area contributed by atoms with Gasteiger partial charge in [0, 0.05) is 25.3 Å². The summed E-state index contributed by atoms with van der Waals surface area (Å²) in [5, 5.41) is 32.8. The third kappa shape index (κ3) is 7.21. The molecule has 1 amide bonds. The molecule has 0 aromatic heterocycles. The number of aliphatic hydroxyl groups is 2. The van der Waals surface area contributed by atoms with Crippen LogP contribution in [0.3, 0.4) is 0 Å². The molecule has 0 bridgehead atoms. The van der Waals surface area contributed by atoms with E-state index in [0.717, 1.165) is 69.2 Å². The number of unbranched alkanes of at least 4 members (excludes halogenated alkanes) is 8. The molecule has 3 aliphatic carbocycles. The van der Waals surface area contributed by atoms with Crippen molar-refractivity contribution in [3.8, 4) is 5.75 Å². The Morgan fingerprint density at radius 2 is 1.68 bits per heavy atom. The van der Waals surface area contributed by atoms with E-state index in [1.807, 2.05) is 29.8 Å². The second kappa shape index (κ2) is 14.8. The summed E-state index contributed by atoms with van der Waals surface area (Å²) in [6.07, 6.45) is 15.7. The number of phenols is 1. The number of nitrogens with zero attached hydrogens (tertiary/aromatic N) is 1. The highest BCUT2D eigenvalue weighted by Gasteiger charge is 2.58. The molecule has 0 saturated heterocycles. The summed E-state index contributed by atoms with van der Waals surface area (Å²) in [7, 11) is 1.93. The third-order valence-corrected chi connectivity index (χ3v) is 12.1. The maximum absolute atomic E-state index is 12.1. The van der Waals surface area contributed by atoms with Crippen LogP contribution in [0, 0.1) is 17.3 Å². The average Bonchev–Trinajstić information content (AvgIpc) is 3.25. The summed E-state index contributed by atoms with van der Waals surface area (Å²) in [5.74, 6) is 2.82. The lowest BCUT2D eigenvalue weighted by Gasteiger charge is -2.54. The Labute approximate surface area is 247 Å². The predicted molar refractivity (Wildman–Crippen MR) is 166 cm³/mol. The highest BCUT2D eigenvalue weighted by molar-refractivity contribution is 7.99. The molecule has 0 aliphatic heterocycles. The number of benzene rings is 1. The van der Waals surface area contributed by atoms with Crippen LogP contribution in [0.25, 0.3) is 0 Å². The number of thioether (sulfide) groups is 1. The van der Waals surface area contributed by atoms with E-state index in [-0.39, 0.29) is 22.5 Å². The maximum Gasteiger partial charge on any atom is 0.222 e. The van der Waals surface area contributed by atoms with Crippen LogP contribution in [-0.2, 0) is 4.79 Å². The van der Waals surface area contributed by atoms with E-state index < -0.39 is 6.10 Å². The minimum absolute atomic E-state index is 0.0353. The minimum atomic E-state index is -0.563. The first kappa shape index (κ1) is 31.7. The number of hydrogen-bond donors (Lipinski definition) is 3. The first-order valence-electron chi connectivity index (χ1n) is 16.3. The fourth-order valence-electron chi connectivity index (χ4n) is 8.10. The lowest BCUT2D eigenvalue weighted by Crippen LogP contribution is -2.49. The Balaban J connectivity index is 1.19. The summed E-state index contributed by atoms with van der Waals surface area (Å²) in [6, 6.07) is 5.62. The van der Waals surface area contributed by atoms with Crippen LogP contribution in [0.15, 0.2) is 18.2 Å². The van der Waals surface area contributed by atoms with Crippen LogP contribution in [-0.4, -0.2) is 56.8 Å². The summed E-state index contributed by atoms with van der Waals surface area (Å²) >= 11 is 1.94. The molecule has 40 heavy (non-hydrogen) atoms. The monoisotopic (exact) mass is 573 g/mol. The molecule has 1 aromatic carbocycles. The van der Waals surface area contributed by atoms with Gasteiger partial charge in [-0.3, -0.25) is 4.79 Å². The molecule has 1 aromatic rings. The van der Waals surface area contributed by atoms with E-state index >= 15 is 0 Å². The standard InChI is InChI=1S/C34H55NO4S/c1-4-5-21-35(3)30(38)14-12-10-8-6-7-9-11-13-22-40-33-31-26(19-20-34(2)28(31)17-18-29(34)37)25-16-15-24(36)23-27(25)32(33)39/h15-16,23,26,28-29,31-33,36-37,39H,4-14,17-22H2,1-3H3/t26?,28?,29-,31?,32?,33?,34-/m0/s1. The van der Waals surface area contributed by atoms with Crippen molar-refractivity contribution >= 4 is 17.7 Å². The van der Waals surface area contributed by atoms with Crippen molar-refractivity contribution in [2.45, 2.75) is 134 Å². The first-order chi connectivity index (χ1) is 19.3. The van der Waals surface area contributed by atoms with Crippen LogP contribution in [0.2, 0.25) is 0 Å². The molecule has 3 aliphatic rings. The van der Waals surface area contributed by atoms with Crippen molar-refractivity contribution in [2.24, 2.45) is 17.3 Å². The van der Waals surface area contributed by atoms with Crippen LogP contribution in [0.1, 0.15) is 133 Å². The van der Waals surface area contributed by atoms with Gasteiger partial charge in [0.1, 0.15) is 5.75 Å². The second-order valence-electron chi connectivity index (χ2n) is 13.3. The first-order valence-corrected chi connectivity index (χ1v) is 17.4. The smallest absolute Gasteiger partial charge is 0.222 e. The largest absolute Gasteiger partial charge is 0.508 e. The normalized spacial score (nSPS) is 30.9. The van der Waals surface area contributed by atoms with E-state index in [0.29, 0.717) is 30.1 Å². The molecule has 2 saturated carbocycles. The number of hydrogen-bond acceptors (Lipinski definition) is 5. The predicted octanol–water partition coefficient (Wildman–Crippen LogP) is 7.58. The molecule has 2 fully saturated rings. The Bertz CT molecular complexity index is 956. The Morgan fingerprint density at radius 3 is 2.40 bits per heavy atom. The Hall–Kier alpha value is -1.24. The Morgan fingerprint density at radius 1 is 0.975 bits per heavy atom. The molecule has 4 rings (SSSR count). The van der Waals surface area contributed by atoms with E-state index in [2.05, 4.69) is 13.8 Å². The third-order valence-electron chi connectivity index (χ3n) is 10.6. The molecule has 5 nitrogen and oxygen atoms in total. The van der Waals surface area contributed by atoms with E-state index in [1.165, 1.54) is 44.1 Å². The van der Waals surface area contributed by atoms with E-state index in [1.54, 1.807) is 12.1 Å². The van der Waals surface area contributed by atoms with Gasteiger partial charge in [0.05, 0.1) is 12.2 Å². The van der Waals surface area contributed by atoms with E-state index in [9.17, 15) is 20.1 Å². The molecule has 6 heteroatoms. The van der Waals surface area contributed by atoms with Crippen molar-refractivity contribution in [3.63, 3.8) is 0 Å². The van der Waals surface area contributed by atoms with Gasteiger partial charge in [-0.05, 0) is 97.1 Å². The van der Waals surface area contributed by atoms with Crippen molar-refractivity contribution in [2.75, 3.05) is 19.3 Å². The van der Waals surface area contributed by atoms with Gasteiger partial charge in [-0.1, -0.05) is 64.9 Å². The minimum Gasteiger partial charge on any atom is -0.508 e. The molecule has 7 atom stereocenters. The number of rotatable bonds is 15. The van der Waals surface area contributed by atoms with E-state index in [4.69, 9.17) is 0 Å². The molecule has 3 N–H and O–H groups in total. The van der Waals surface area contributed by atoms with Gasteiger partial charge in [-0.2, -0.15) is 11.8 Å². The molecular weight excluding hydrogens is 518 g/mol. The van der Waals surface area contributed by atoms with Crippen molar-refractivity contribution in [1.29, 1.82) is 0 Å². The summed E-state index contributed by atoms with van der Waals surface area (Å²) in [4.78, 5) is 14.0. The summed E-state index contributed by atoms with van der Waals surface area (Å²) < 4.78 is 0. The topological polar surface area (TPSA) is 81.0 Å². The van der Waals surface area contributed by atoms with Crippen LogP contribution in [0.4, 0.5) is 0 Å².